The Morgan fingerprint density at radius 1 is 0.830 bits per heavy atom. The molecule has 6 rings (SSSR count). The fourth-order valence-electron chi connectivity index (χ4n) is 5.32. The van der Waals surface area contributed by atoms with E-state index in [1.165, 1.54) is 0 Å². The van der Waals surface area contributed by atoms with Crippen LogP contribution in [0.3, 0.4) is 0 Å². The molecule has 0 bridgehead atoms. The average molecular weight is 643 g/mol. The number of aromatic nitrogens is 1. The van der Waals surface area contributed by atoms with Crippen molar-refractivity contribution in [2.75, 3.05) is 16.0 Å². The summed E-state index contributed by atoms with van der Waals surface area (Å²) in [5, 5.41) is 15.5. The first-order chi connectivity index (χ1) is 22.8. The quantitative estimate of drug-likeness (QED) is 0.107. The maximum atomic E-state index is 13.5. The van der Waals surface area contributed by atoms with Gasteiger partial charge < -0.3 is 26.6 Å². The highest BCUT2D eigenvalue weighted by Gasteiger charge is 2.29. The smallest absolute Gasteiger partial charge is 0.323 e. The third-order valence-electron chi connectivity index (χ3n) is 7.61. The molecule has 5 aromatic rings. The highest BCUT2D eigenvalue weighted by Crippen LogP contribution is 2.37. The molecule has 234 valence electrons. The molecule has 0 spiro atoms. The van der Waals surface area contributed by atoms with Gasteiger partial charge in [-0.2, -0.15) is 0 Å². The third kappa shape index (κ3) is 7.49. The van der Waals surface area contributed by atoms with Gasteiger partial charge in [-0.05, 0) is 78.7 Å². The number of nitrogens with one attached hydrogen (secondary N) is 5. The number of pyridine rings is 1. The minimum Gasteiger partial charge on any atom is -0.380 e. The number of urea groups is 1. The van der Waals surface area contributed by atoms with E-state index in [4.69, 9.17) is 11.6 Å². The Kier molecular flexibility index (Phi) is 9.26. The summed E-state index contributed by atoms with van der Waals surface area (Å²) in [7, 11) is 0. The number of nitrogens with zero attached hydrogens (tertiary/aromatic N) is 1. The lowest BCUT2D eigenvalue weighted by atomic mass is 9.98. The van der Waals surface area contributed by atoms with Gasteiger partial charge in [-0.1, -0.05) is 60.1 Å². The predicted octanol–water partition coefficient (Wildman–Crippen LogP) is 7.48. The van der Waals surface area contributed by atoms with Gasteiger partial charge in [0.2, 0.25) is 0 Å². The molecule has 1 aromatic heterocycles. The monoisotopic (exact) mass is 642 g/mol. The van der Waals surface area contributed by atoms with Crippen molar-refractivity contribution in [2.24, 2.45) is 0 Å². The molecule has 0 saturated carbocycles. The Labute approximate surface area is 277 Å². The molecule has 1 atom stereocenters. The van der Waals surface area contributed by atoms with Crippen molar-refractivity contribution in [1.29, 1.82) is 0 Å². The van der Waals surface area contributed by atoms with Gasteiger partial charge in [-0.3, -0.25) is 14.6 Å². The number of rotatable bonds is 9. The van der Waals surface area contributed by atoms with Gasteiger partial charge in [0.05, 0.1) is 17.3 Å². The second-order valence-corrected chi connectivity index (χ2v) is 11.4. The van der Waals surface area contributed by atoms with Gasteiger partial charge in [0.25, 0.3) is 11.8 Å². The third-order valence-corrected chi connectivity index (χ3v) is 7.85. The summed E-state index contributed by atoms with van der Waals surface area (Å²) in [6.45, 7) is 2.26. The van der Waals surface area contributed by atoms with E-state index in [9.17, 15) is 14.4 Å². The van der Waals surface area contributed by atoms with Crippen molar-refractivity contribution < 1.29 is 14.4 Å². The molecule has 0 fully saturated rings. The summed E-state index contributed by atoms with van der Waals surface area (Å²) < 4.78 is 0. The Bertz CT molecular complexity index is 1980. The molecule has 1 aliphatic rings. The van der Waals surface area contributed by atoms with E-state index in [0.717, 1.165) is 11.1 Å². The van der Waals surface area contributed by atoms with Crippen LogP contribution in [0.4, 0.5) is 21.9 Å². The first-order valence-corrected chi connectivity index (χ1v) is 15.3. The summed E-state index contributed by atoms with van der Waals surface area (Å²) in [6, 6.07) is 32.2. The number of carbonyl (C=O) groups is 3. The van der Waals surface area contributed by atoms with Crippen LogP contribution in [-0.4, -0.2) is 22.8 Å². The number of halogens is 1. The summed E-state index contributed by atoms with van der Waals surface area (Å²) >= 11 is 6.03. The summed E-state index contributed by atoms with van der Waals surface area (Å²) in [5.74, 6) is -0.544. The molecular formula is C37H31ClN6O3. The number of benzene rings is 4. The summed E-state index contributed by atoms with van der Waals surface area (Å²) in [6.07, 6.45) is 3.34. The molecule has 0 unspecified atom stereocenters. The van der Waals surface area contributed by atoms with Crippen LogP contribution in [0.5, 0.6) is 0 Å². The largest absolute Gasteiger partial charge is 0.380 e. The Balaban J connectivity index is 1.24. The number of anilines is 3. The molecule has 0 radical (unpaired) electrons. The first-order valence-electron chi connectivity index (χ1n) is 15.0. The van der Waals surface area contributed by atoms with Crippen molar-refractivity contribution in [3.63, 3.8) is 0 Å². The zero-order valence-electron chi connectivity index (χ0n) is 25.4. The van der Waals surface area contributed by atoms with Gasteiger partial charge >= 0.3 is 6.03 Å². The zero-order valence-corrected chi connectivity index (χ0v) is 26.1. The molecule has 47 heavy (non-hydrogen) atoms. The number of fused-ring (bicyclic) bond motifs is 1. The van der Waals surface area contributed by atoms with Crippen LogP contribution in [0.25, 0.3) is 11.3 Å². The van der Waals surface area contributed by atoms with Crippen LogP contribution >= 0.6 is 11.6 Å². The van der Waals surface area contributed by atoms with E-state index < -0.39 is 6.03 Å². The SMILES string of the molecule is C[C@@H](NC(=O)c1ccc2c(c1)/C(=C(/NCc1cccc(NC(=O)Nc3cccc(Cl)c3)c1)c1cccnc1)C(=O)N2)c1ccccc1. The number of hydrogen-bond donors (Lipinski definition) is 5. The molecule has 4 aromatic carbocycles. The number of amides is 4. The van der Waals surface area contributed by atoms with Crippen LogP contribution in [0, 0.1) is 0 Å². The van der Waals surface area contributed by atoms with E-state index in [1.807, 2.05) is 61.5 Å². The molecule has 0 saturated heterocycles. The normalized spacial score (nSPS) is 13.5. The Hall–Kier alpha value is -5.93. The summed E-state index contributed by atoms with van der Waals surface area (Å²) in [5.41, 5.74) is 6.31. The van der Waals surface area contributed by atoms with Gasteiger partial charge in [0.15, 0.2) is 0 Å². The second-order valence-electron chi connectivity index (χ2n) is 11.0. The maximum absolute atomic E-state index is 13.5. The van der Waals surface area contributed by atoms with Gasteiger partial charge in [-0.25, -0.2) is 4.79 Å². The lowest BCUT2D eigenvalue weighted by Gasteiger charge is -2.16. The predicted molar refractivity (Wildman–Crippen MR) is 186 cm³/mol. The van der Waals surface area contributed by atoms with Crippen molar-refractivity contribution in [3.8, 4) is 0 Å². The van der Waals surface area contributed by atoms with Crippen LogP contribution in [-0.2, 0) is 11.3 Å². The lowest BCUT2D eigenvalue weighted by molar-refractivity contribution is -0.110. The van der Waals surface area contributed by atoms with E-state index in [-0.39, 0.29) is 17.9 Å². The van der Waals surface area contributed by atoms with Crippen molar-refractivity contribution in [2.45, 2.75) is 19.5 Å². The fourth-order valence-corrected chi connectivity index (χ4v) is 5.51. The van der Waals surface area contributed by atoms with Gasteiger partial charge in [0, 0.05) is 57.7 Å². The molecular weight excluding hydrogens is 612 g/mol. The van der Waals surface area contributed by atoms with Crippen molar-refractivity contribution in [1.82, 2.24) is 15.6 Å². The van der Waals surface area contributed by atoms with Crippen LogP contribution in [0.1, 0.15) is 45.6 Å². The fraction of sp³-hybridized carbons (Fsp3) is 0.0811. The minimum atomic E-state index is -0.409. The maximum Gasteiger partial charge on any atom is 0.323 e. The molecule has 1 aliphatic heterocycles. The van der Waals surface area contributed by atoms with Crippen LogP contribution < -0.4 is 26.6 Å². The van der Waals surface area contributed by atoms with Gasteiger partial charge in [-0.15, -0.1) is 0 Å². The van der Waals surface area contributed by atoms with Crippen molar-refractivity contribution >= 4 is 57.8 Å². The zero-order chi connectivity index (χ0) is 32.8. The minimum absolute atomic E-state index is 0.201. The van der Waals surface area contributed by atoms with E-state index in [1.54, 1.807) is 67.0 Å². The molecule has 9 nitrogen and oxygen atoms in total. The highest BCUT2D eigenvalue weighted by molar-refractivity contribution is 6.36. The highest BCUT2D eigenvalue weighted by atomic mass is 35.5. The summed E-state index contributed by atoms with van der Waals surface area (Å²) in [4.78, 5) is 43.6. The molecule has 2 heterocycles. The van der Waals surface area contributed by atoms with Crippen LogP contribution in [0.2, 0.25) is 5.02 Å². The van der Waals surface area contributed by atoms with E-state index >= 15 is 0 Å². The Morgan fingerprint density at radius 3 is 2.34 bits per heavy atom. The Morgan fingerprint density at radius 2 is 1.60 bits per heavy atom. The average Bonchev–Trinajstić information content (AvgIpc) is 3.40. The van der Waals surface area contributed by atoms with Gasteiger partial charge in [0.1, 0.15) is 0 Å². The van der Waals surface area contributed by atoms with E-state index in [2.05, 4.69) is 31.6 Å². The molecule has 10 heteroatoms. The number of carbonyl (C=O) groups excluding carboxylic acids is 3. The molecule has 0 aliphatic carbocycles. The first kappa shape index (κ1) is 31.1. The molecule has 4 amide bonds. The lowest BCUT2D eigenvalue weighted by Crippen LogP contribution is -2.26. The van der Waals surface area contributed by atoms with Crippen molar-refractivity contribution in [3.05, 3.63) is 154 Å². The van der Waals surface area contributed by atoms with E-state index in [0.29, 0.717) is 56.6 Å². The van der Waals surface area contributed by atoms with Crippen LogP contribution in [0.15, 0.2) is 122 Å². The second kappa shape index (κ2) is 14.0. The topological polar surface area (TPSA) is 124 Å². The standard InChI is InChI=1S/C37H31ClN6O3/c1-23(25-9-3-2-4-10-25)41-35(45)26-15-16-32-31(19-26)33(36(46)44-32)34(27-11-7-17-39-22-27)40-21-24-8-5-13-29(18-24)42-37(47)43-30-14-6-12-28(38)20-30/h2-20,22-23,40H,21H2,1H3,(H,41,45)(H,44,46)(H2,42,43,47)/b34-33-/t23-/m1/s1. The molecule has 5 N–H and O–H groups in total. The number of hydrogen-bond acceptors (Lipinski definition) is 5.